The van der Waals surface area contributed by atoms with E-state index in [9.17, 15) is 0 Å². The second-order valence-electron chi connectivity index (χ2n) is 4.52. The highest BCUT2D eigenvalue weighted by Crippen LogP contribution is 2.20. The number of nitrogens with zero attached hydrogens (tertiary/aromatic N) is 1. The number of hydrogen-bond acceptors (Lipinski definition) is 3. The molecule has 0 fully saturated rings. The van der Waals surface area contributed by atoms with E-state index in [1.807, 2.05) is 30.3 Å². The Labute approximate surface area is 114 Å². The molecule has 2 N–H and O–H groups in total. The van der Waals surface area contributed by atoms with Gasteiger partial charge in [-0.25, -0.2) is 4.98 Å². The van der Waals surface area contributed by atoms with Crippen molar-refractivity contribution in [1.82, 2.24) is 4.98 Å². The summed E-state index contributed by atoms with van der Waals surface area (Å²) in [5.74, 6) is 1.39. The van der Waals surface area contributed by atoms with E-state index in [1.165, 1.54) is 18.4 Å². The summed E-state index contributed by atoms with van der Waals surface area (Å²) >= 11 is 0. The van der Waals surface area contributed by atoms with Gasteiger partial charge in [-0.3, -0.25) is 0 Å². The number of nitrogens with two attached hydrogens (primary N) is 1. The summed E-state index contributed by atoms with van der Waals surface area (Å²) in [6, 6.07) is 13.8. The third-order valence-electron chi connectivity index (χ3n) is 2.96. The van der Waals surface area contributed by atoms with Gasteiger partial charge in [-0.15, -0.1) is 0 Å². The summed E-state index contributed by atoms with van der Waals surface area (Å²) in [4.78, 5) is 4.31. The lowest BCUT2D eigenvalue weighted by atomic mass is 10.1. The number of hydrogen-bond donors (Lipinski definition) is 1. The number of unbranched alkanes of at least 4 members (excludes halogenated alkanes) is 1. The molecule has 0 saturated carbocycles. The lowest BCUT2D eigenvalue weighted by Gasteiger charge is -2.07. The fourth-order valence-electron chi connectivity index (χ4n) is 1.85. The highest BCUT2D eigenvalue weighted by molar-refractivity contribution is 5.31. The fourth-order valence-corrected chi connectivity index (χ4v) is 1.85. The van der Waals surface area contributed by atoms with Crippen LogP contribution in [-0.4, -0.2) is 4.98 Å². The third kappa shape index (κ3) is 4.07. The van der Waals surface area contributed by atoms with Gasteiger partial charge in [-0.05, 0) is 36.6 Å². The van der Waals surface area contributed by atoms with Crippen molar-refractivity contribution in [3.63, 3.8) is 0 Å². The molecule has 1 aromatic carbocycles. The number of benzene rings is 1. The first kappa shape index (κ1) is 13.6. The van der Waals surface area contributed by atoms with Crippen LogP contribution in [0.1, 0.15) is 31.0 Å². The molecule has 0 unspecified atom stereocenters. The number of aromatic nitrogens is 1. The van der Waals surface area contributed by atoms with Crippen molar-refractivity contribution in [2.75, 3.05) is 0 Å². The number of ether oxygens (including phenoxy) is 1. The first-order chi connectivity index (χ1) is 9.31. The molecule has 0 atom stereocenters. The Bertz CT molecular complexity index is 508. The Hall–Kier alpha value is -1.87. The van der Waals surface area contributed by atoms with Gasteiger partial charge in [0.05, 0.1) is 5.69 Å². The van der Waals surface area contributed by atoms with E-state index in [1.54, 1.807) is 0 Å². The average molecular weight is 256 g/mol. The molecule has 3 heteroatoms. The van der Waals surface area contributed by atoms with Crippen molar-refractivity contribution in [2.45, 2.75) is 32.7 Å². The van der Waals surface area contributed by atoms with Crippen LogP contribution in [0.15, 0.2) is 42.5 Å². The molecule has 3 nitrogen and oxygen atoms in total. The molecule has 2 aromatic rings. The predicted octanol–water partition coefficient (Wildman–Crippen LogP) is 3.68. The van der Waals surface area contributed by atoms with Crippen LogP contribution in [-0.2, 0) is 13.0 Å². The lowest BCUT2D eigenvalue weighted by Crippen LogP contribution is -2.00. The third-order valence-corrected chi connectivity index (χ3v) is 2.96. The number of aryl methyl sites for hydroxylation is 1. The summed E-state index contributed by atoms with van der Waals surface area (Å²) in [7, 11) is 0. The molecule has 0 aliphatic heterocycles. The van der Waals surface area contributed by atoms with E-state index in [-0.39, 0.29) is 0 Å². The summed E-state index contributed by atoms with van der Waals surface area (Å²) in [6.07, 6.45) is 3.56. The molecule has 0 bridgehead atoms. The molecule has 0 saturated heterocycles. The average Bonchev–Trinajstić information content (AvgIpc) is 2.47. The van der Waals surface area contributed by atoms with E-state index < -0.39 is 0 Å². The highest BCUT2D eigenvalue weighted by Gasteiger charge is 2.00. The molecule has 0 aliphatic carbocycles. The van der Waals surface area contributed by atoms with E-state index in [0.29, 0.717) is 12.4 Å². The van der Waals surface area contributed by atoms with Crippen molar-refractivity contribution in [2.24, 2.45) is 5.73 Å². The molecular weight excluding hydrogens is 236 g/mol. The minimum Gasteiger partial charge on any atom is -0.439 e. The van der Waals surface area contributed by atoms with Crippen LogP contribution in [0, 0.1) is 0 Å². The molecule has 1 heterocycles. The van der Waals surface area contributed by atoms with Crippen molar-refractivity contribution < 1.29 is 4.74 Å². The van der Waals surface area contributed by atoms with Crippen LogP contribution in [0.2, 0.25) is 0 Å². The molecular formula is C16H20N2O. The van der Waals surface area contributed by atoms with Gasteiger partial charge in [-0.2, -0.15) is 0 Å². The zero-order valence-corrected chi connectivity index (χ0v) is 11.3. The van der Waals surface area contributed by atoms with Crippen LogP contribution in [0.25, 0.3) is 0 Å². The van der Waals surface area contributed by atoms with Gasteiger partial charge in [0.15, 0.2) is 0 Å². The number of pyridine rings is 1. The maximum Gasteiger partial charge on any atom is 0.219 e. The molecule has 0 aliphatic rings. The van der Waals surface area contributed by atoms with Gasteiger partial charge in [0.2, 0.25) is 5.88 Å². The molecule has 100 valence electrons. The lowest BCUT2D eigenvalue weighted by molar-refractivity contribution is 0.460. The molecule has 0 radical (unpaired) electrons. The normalized spacial score (nSPS) is 10.4. The summed E-state index contributed by atoms with van der Waals surface area (Å²) in [6.45, 7) is 2.63. The second kappa shape index (κ2) is 6.90. The van der Waals surface area contributed by atoms with Gasteiger partial charge < -0.3 is 10.5 Å². The number of rotatable bonds is 6. The zero-order valence-electron chi connectivity index (χ0n) is 11.3. The predicted molar refractivity (Wildman–Crippen MR) is 77.3 cm³/mol. The van der Waals surface area contributed by atoms with Crippen molar-refractivity contribution in [1.29, 1.82) is 0 Å². The standard InChI is InChI=1S/C16H20N2O/c1-2-3-5-13-8-10-15(11-9-13)19-16-7-4-6-14(12-17)18-16/h4,6-11H,2-3,5,12,17H2,1H3. The van der Waals surface area contributed by atoms with Crippen LogP contribution in [0.4, 0.5) is 0 Å². The Morgan fingerprint density at radius 2 is 1.89 bits per heavy atom. The van der Waals surface area contributed by atoms with Gasteiger partial charge in [0.1, 0.15) is 5.75 Å². The van der Waals surface area contributed by atoms with Gasteiger partial charge in [-0.1, -0.05) is 31.5 Å². The Morgan fingerprint density at radius 1 is 1.11 bits per heavy atom. The smallest absolute Gasteiger partial charge is 0.219 e. The second-order valence-corrected chi connectivity index (χ2v) is 4.52. The van der Waals surface area contributed by atoms with Gasteiger partial charge in [0, 0.05) is 12.6 Å². The van der Waals surface area contributed by atoms with Gasteiger partial charge >= 0.3 is 0 Å². The first-order valence-electron chi connectivity index (χ1n) is 6.74. The van der Waals surface area contributed by atoms with Crippen LogP contribution >= 0.6 is 0 Å². The molecule has 2 rings (SSSR count). The van der Waals surface area contributed by atoms with E-state index in [2.05, 4.69) is 24.0 Å². The van der Waals surface area contributed by atoms with E-state index >= 15 is 0 Å². The summed E-state index contributed by atoms with van der Waals surface area (Å²) in [5.41, 5.74) is 7.74. The molecule has 0 spiro atoms. The topological polar surface area (TPSA) is 48.1 Å². The maximum absolute atomic E-state index is 5.71. The molecule has 0 amide bonds. The SMILES string of the molecule is CCCCc1ccc(Oc2cccc(CN)n2)cc1. The van der Waals surface area contributed by atoms with Crippen molar-refractivity contribution in [3.8, 4) is 11.6 Å². The monoisotopic (exact) mass is 256 g/mol. The summed E-state index contributed by atoms with van der Waals surface area (Å²) in [5, 5.41) is 0. The molecule has 1 aromatic heterocycles. The Morgan fingerprint density at radius 3 is 2.58 bits per heavy atom. The minimum atomic E-state index is 0.424. The fraction of sp³-hybridized carbons (Fsp3) is 0.312. The van der Waals surface area contributed by atoms with Crippen LogP contribution in [0.3, 0.4) is 0 Å². The largest absolute Gasteiger partial charge is 0.439 e. The van der Waals surface area contributed by atoms with E-state index in [4.69, 9.17) is 10.5 Å². The highest BCUT2D eigenvalue weighted by atomic mass is 16.5. The Balaban J connectivity index is 2.02. The van der Waals surface area contributed by atoms with Crippen LogP contribution < -0.4 is 10.5 Å². The maximum atomic E-state index is 5.71. The first-order valence-corrected chi connectivity index (χ1v) is 6.74. The van der Waals surface area contributed by atoms with Crippen molar-refractivity contribution in [3.05, 3.63) is 53.7 Å². The van der Waals surface area contributed by atoms with Gasteiger partial charge in [0.25, 0.3) is 0 Å². The Kier molecular flexibility index (Phi) is 4.93. The minimum absolute atomic E-state index is 0.424. The zero-order chi connectivity index (χ0) is 13.5. The quantitative estimate of drug-likeness (QED) is 0.857. The van der Waals surface area contributed by atoms with E-state index in [0.717, 1.165) is 17.9 Å². The summed E-state index contributed by atoms with van der Waals surface area (Å²) < 4.78 is 5.71. The molecule has 19 heavy (non-hydrogen) atoms. The van der Waals surface area contributed by atoms with Crippen molar-refractivity contribution >= 4 is 0 Å². The van der Waals surface area contributed by atoms with Crippen LogP contribution in [0.5, 0.6) is 11.6 Å².